The van der Waals surface area contributed by atoms with E-state index in [-0.39, 0.29) is 17.2 Å². The Kier molecular flexibility index (Phi) is 5.43. The lowest BCUT2D eigenvalue weighted by Gasteiger charge is -2.09. The van der Waals surface area contributed by atoms with Crippen LogP contribution >= 0.6 is 11.3 Å². The molecule has 0 aliphatic carbocycles. The number of nitrogens with zero attached hydrogens (tertiary/aromatic N) is 1. The third-order valence-electron chi connectivity index (χ3n) is 3.44. The summed E-state index contributed by atoms with van der Waals surface area (Å²) in [5, 5.41) is 11.2. The fraction of sp³-hybridized carbons (Fsp3) is 0.267. The number of esters is 1. The molecule has 0 fully saturated rings. The molecule has 10 heteroatoms. The lowest BCUT2D eigenvalue weighted by Crippen LogP contribution is -2.16. The van der Waals surface area contributed by atoms with E-state index in [4.69, 9.17) is 4.74 Å². The van der Waals surface area contributed by atoms with Crippen molar-refractivity contribution in [3.8, 4) is 0 Å². The largest absolute Gasteiger partial charge is 0.462 e. The zero-order chi connectivity index (χ0) is 18.8. The van der Waals surface area contributed by atoms with Gasteiger partial charge in [-0.1, -0.05) is 12.1 Å². The number of benzene rings is 1. The number of hydrogen-bond donors (Lipinski definition) is 1. The van der Waals surface area contributed by atoms with Gasteiger partial charge >= 0.3 is 5.97 Å². The molecule has 0 unspecified atom stereocenters. The molecule has 0 bridgehead atoms. The molecule has 0 spiro atoms. The SMILES string of the molecule is CCOC(=O)c1c(NS(=O)(=O)c2ccccc2[N+](=O)[O-])sc(C)c1C. The molecular weight excluding hydrogens is 368 g/mol. The number of anilines is 1. The van der Waals surface area contributed by atoms with Gasteiger partial charge in [-0.2, -0.15) is 0 Å². The number of carbonyl (C=O) groups is 1. The number of ether oxygens (including phenoxy) is 1. The number of aryl methyl sites for hydroxylation is 1. The van der Waals surface area contributed by atoms with Gasteiger partial charge in [-0.3, -0.25) is 14.8 Å². The highest BCUT2D eigenvalue weighted by atomic mass is 32.2. The Morgan fingerprint density at radius 3 is 2.56 bits per heavy atom. The Morgan fingerprint density at radius 2 is 1.96 bits per heavy atom. The third-order valence-corrected chi connectivity index (χ3v) is 6.09. The zero-order valence-corrected chi connectivity index (χ0v) is 15.4. The van der Waals surface area contributed by atoms with Gasteiger partial charge in [-0.15, -0.1) is 11.3 Å². The first-order valence-electron chi connectivity index (χ1n) is 7.22. The first-order valence-corrected chi connectivity index (χ1v) is 9.52. The van der Waals surface area contributed by atoms with Crippen LogP contribution in [0, 0.1) is 24.0 Å². The Labute approximate surface area is 148 Å². The minimum atomic E-state index is -4.25. The quantitative estimate of drug-likeness (QED) is 0.464. The monoisotopic (exact) mass is 384 g/mol. The Balaban J connectivity index is 2.51. The van der Waals surface area contributed by atoms with Crippen LogP contribution in [0.15, 0.2) is 29.2 Å². The first kappa shape index (κ1) is 18.9. The van der Waals surface area contributed by atoms with Gasteiger partial charge < -0.3 is 4.74 Å². The number of thiophene rings is 1. The second kappa shape index (κ2) is 7.19. The maximum absolute atomic E-state index is 12.6. The molecule has 0 aliphatic rings. The van der Waals surface area contributed by atoms with Crippen LogP contribution in [0.2, 0.25) is 0 Å². The summed E-state index contributed by atoms with van der Waals surface area (Å²) in [6.45, 7) is 5.21. The summed E-state index contributed by atoms with van der Waals surface area (Å²) in [5.74, 6) is -0.649. The Bertz CT molecular complexity index is 933. The van der Waals surface area contributed by atoms with Crippen LogP contribution in [0.3, 0.4) is 0 Å². The molecule has 0 atom stereocenters. The van der Waals surface area contributed by atoms with Crippen molar-refractivity contribution in [2.45, 2.75) is 25.7 Å². The summed E-state index contributed by atoms with van der Waals surface area (Å²) in [7, 11) is -4.25. The van der Waals surface area contributed by atoms with Gasteiger partial charge in [0.15, 0.2) is 4.90 Å². The number of rotatable bonds is 6. The van der Waals surface area contributed by atoms with Crippen molar-refractivity contribution in [2.75, 3.05) is 11.3 Å². The predicted octanol–water partition coefficient (Wildman–Crippen LogP) is 3.25. The maximum atomic E-state index is 12.6. The van der Waals surface area contributed by atoms with Crippen molar-refractivity contribution < 1.29 is 22.9 Å². The smallest absolute Gasteiger partial charge is 0.341 e. The van der Waals surface area contributed by atoms with E-state index < -0.39 is 31.5 Å². The number of hydrogen-bond acceptors (Lipinski definition) is 7. The van der Waals surface area contributed by atoms with E-state index in [1.807, 2.05) is 0 Å². The summed E-state index contributed by atoms with van der Waals surface area (Å²) >= 11 is 1.07. The summed E-state index contributed by atoms with van der Waals surface area (Å²) in [4.78, 5) is 22.7. The number of sulfonamides is 1. The van der Waals surface area contributed by atoms with Gasteiger partial charge in [0, 0.05) is 10.9 Å². The fourth-order valence-electron chi connectivity index (χ4n) is 2.16. The molecule has 134 valence electrons. The Hall–Kier alpha value is -2.46. The summed E-state index contributed by atoms with van der Waals surface area (Å²) in [6, 6.07) is 5.00. The van der Waals surface area contributed by atoms with Crippen molar-refractivity contribution in [1.29, 1.82) is 0 Å². The van der Waals surface area contributed by atoms with Crippen molar-refractivity contribution in [3.63, 3.8) is 0 Å². The fourth-order valence-corrected chi connectivity index (χ4v) is 4.69. The van der Waals surface area contributed by atoms with E-state index in [2.05, 4.69) is 4.72 Å². The molecule has 0 radical (unpaired) electrons. The molecule has 1 N–H and O–H groups in total. The van der Waals surface area contributed by atoms with Crippen LogP contribution < -0.4 is 4.72 Å². The highest BCUT2D eigenvalue weighted by Crippen LogP contribution is 2.35. The summed E-state index contributed by atoms with van der Waals surface area (Å²) < 4.78 is 32.5. The molecule has 25 heavy (non-hydrogen) atoms. The van der Waals surface area contributed by atoms with E-state index in [1.54, 1.807) is 20.8 Å². The van der Waals surface area contributed by atoms with Crippen molar-refractivity contribution in [2.24, 2.45) is 0 Å². The highest BCUT2D eigenvalue weighted by molar-refractivity contribution is 7.93. The van der Waals surface area contributed by atoms with Crippen LogP contribution in [0.5, 0.6) is 0 Å². The van der Waals surface area contributed by atoms with Crippen LogP contribution in [0.1, 0.15) is 27.7 Å². The van der Waals surface area contributed by atoms with Crippen LogP contribution in [-0.4, -0.2) is 25.9 Å². The van der Waals surface area contributed by atoms with Gasteiger partial charge in [0.2, 0.25) is 0 Å². The molecule has 0 aliphatic heterocycles. The minimum absolute atomic E-state index is 0.0756. The molecule has 8 nitrogen and oxygen atoms in total. The zero-order valence-electron chi connectivity index (χ0n) is 13.7. The van der Waals surface area contributed by atoms with Crippen LogP contribution in [-0.2, 0) is 14.8 Å². The minimum Gasteiger partial charge on any atom is -0.462 e. The number of nitro groups is 1. The molecule has 1 aromatic heterocycles. The first-order chi connectivity index (χ1) is 11.7. The average molecular weight is 384 g/mol. The Morgan fingerprint density at radius 1 is 1.32 bits per heavy atom. The topological polar surface area (TPSA) is 116 Å². The van der Waals surface area contributed by atoms with E-state index in [0.717, 1.165) is 28.3 Å². The van der Waals surface area contributed by atoms with E-state index in [9.17, 15) is 23.3 Å². The second-order valence-corrected chi connectivity index (χ2v) is 7.91. The number of nitro benzene ring substituents is 1. The average Bonchev–Trinajstić information content (AvgIpc) is 2.81. The molecule has 2 rings (SSSR count). The van der Waals surface area contributed by atoms with Crippen LogP contribution in [0.4, 0.5) is 10.7 Å². The van der Waals surface area contributed by atoms with Gasteiger partial charge in [0.1, 0.15) is 5.00 Å². The van der Waals surface area contributed by atoms with E-state index >= 15 is 0 Å². The molecule has 1 heterocycles. The van der Waals surface area contributed by atoms with Gasteiger partial charge in [-0.05, 0) is 32.4 Å². The number of carbonyl (C=O) groups excluding carboxylic acids is 1. The molecule has 0 saturated heterocycles. The lowest BCUT2D eigenvalue weighted by atomic mass is 10.2. The molecular formula is C15H16N2O6S2. The van der Waals surface area contributed by atoms with Crippen molar-refractivity contribution in [1.82, 2.24) is 0 Å². The van der Waals surface area contributed by atoms with Crippen molar-refractivity contribution >= 4 is 38.0 Å². The summed E-state index contributed by atoms with van der Waals surface area (Å²) in [6.07, 6.45) is 0. The lowest BCUT2D eigenvalue weighted by molar-refractivity contribution is -0.387. The van der Waals surface area contributed by atoms with Gasteiger partial charge in [0.25, 0.3) is 15.7 Å². The molecule has 0 amide bonds. The van der Waals surface area contributed by atoms with Crippen molar-refractivity contribution in [3.05, 3.63) is 50.4 Å². The highest BCUT2D eigenvalue weighted by Gasteiger charge is 2.29. The maximum Gasteiger partial charge on any atom is 0.341 e. The van der Waals surface area contributed by atoms with Gasteiger partial charge in [0.05, 0.1) is 17.1 Å². The van der Waals surface area contributed by atoms with E-state index in [0.29, 0.717) is 5.56 Å². The van der Waals surface area contributed by atoms with Crippen LogP contribution in [0.25, 0.3) is 0 Å². The molecule has 1 aromatic carbocycles. The second-order valence-electron chi connectivity index (χ2n) is 5.04. The normalized spacial score (nSPS) is 11.2. The molecule has 2 aromatic rings. The predicted molar refractivity (Wildman–Crippen MR) is 93.7 cm³/mol. The number of nitrogens with one attached hydrogen (secondary N) is 1. The molecule has 0 saturated carbocycles. The third kappa shape index (κ3) is 3.80. The number of para-hydroxylation sites is 1. The summed E-state index contributed by atoms with van der Waals surface area (Å²) in [5.41, 5.74) is 0.174. The van der Waals surface area contributed by atoms with Gasteiger partial charge in [-0.25, -0.2) is 13.2 Å². The van der Waals surface area contributed by atoms with E-state index in [1.165, 1.54) is 12.1 Å². The standard InChI is InChI=1S/C15H16N2O6S2/c1-4-23-15(18)13-9(2)10(3)24-14(13)16-25(21,22)12-8-6-5-7-11(12)17(19)20/h5-8,16H,4H2,1-3H3.